The lowest BCUT2D eigenvalue weighted by Gasteiger charge is -2.39. The monoisotopic (exact) mass is 310 g/mol. The number of rotatable bonds is 2. The molecule has 0 aromatic heterocycles. The van der Waals surface area contributed by atoms with Crippen LogP contribution in [0.2, 0.25) is 0 Å². The van der Waals surface area contributed by atoms with Crippen LogP contribution in [0.3, 0.4) is 0 Å². The van der Waals surface area contributed by atoms with Gasteiger partial charge in [-0.2, -0.15) is 0 Å². The molecule has 2 saturated heterocycles. The first-order valence-electron chi connectivity index (χ1n) is 6.83. The fourth-order valence-corrected chi connectivity index (χ4v) is 3.89. The van der Waals surface area contributed by atoms with Gasteiger partial charge in [0.25, 0.3) is 0 Å². The predicted octanol–water partition coefficient (Wildman–Crippen LogP) is -0.273. The van der Waals surface area contributed by atoms with E-state index in [4.69, 9.17) is 10.9 Å². The Labute approximate surface area is 123 Å². The lowest BCUT2D eigenvalue weighted by molar-refractivity contribution is -0.129. The minimum absolute atomic E-state index is 0.0419. The van der Waals surface area contributed by atoms with Crippen LogP contribution in [-0.2, 0) is 14.8 Å². The van der Waals surface area contributed by atoms with Gasteiger partial charge in [0.05, 0.1) is 5.69 Å². The van der Waals surface area contributed by atoms with Gasteiger partial charge < -0.3 is 15.5 Å². The Morgan fingerprint density at radius 2 is 2.00 bits per heavy atom. The second kappa shape index (κ2) is 4.88. The average molecular weight is 310 g/mol. The zero-order valence-corrected chi connectivity index (χ0v) is 12.3. The first kappa shape index (κ1) is 14.2. The van der Waals surface area contributed by atoms with Gasteiger partial charge in [-0.15, -0.1) is 0 Å². The van der Waals surface area contributed by atoms with Crippen LogP contribution in [0.5, 0.6) is 0 Å². The summed E-state index contributed by atoms with van der Waals surface area (Å²) in [6.45, 7) is 1.82. The van der Waals surface area contributed by atoms with Gasteiger partial charge in [0, 0.05) is 37.8 Å². The Hall–Kier alpha value is -1.80. The second-order valence-corrected chi connectivity index (χ2v) is 7.03. The molecule has 2 fully saturated rings. The number of sulfonamides is 1. The number of nitrogen functional groups attached to an aromatic ring is 1. The highest BCUT2D eigenvalue weighted by Crippen LogP contribution is 2.31. The van der Waals surface area contributed by atoms with Gasteiger partial charge >= 0.3 is 0 Å². The lowest BCUT2D eigenvalue weighted by atomic mass is 10.1. The summed E-state index contributed by atoms with van der Waals surface area (Å²) in [5.41, 5.74) is 6.59. The van der Waals surface area contributed by atoms with E-state index in [9.17, 15) is 13.2 Å². The second-order valence-electron chi connectivity index (χ2n) is 5.50. The SMILES string of the molecule is Nc1ccc(N2CCN3C(=O)CCC3C2)c(S(N)(=O)=O)c1. The number of amides is 1. The number of hydrogen-bond donors (Lipinski definition) is 2. The molecule has 8 heteroatoms. The molecule has 2 aliphatic rings. The summed E-state index contributed by atoms with van der Waals surface area (Å²) in [6, 6.07) is 4.88. The van der Waals surface area contributed by atoms with Crippen molar-refractivity contribution in [1.82, 2.24) is 4.90 Å². The number of primary sulfonamides is 1. The normalized spacial score (nSPS) is 22.5. The minimum Gasteiger partial charge on any atom is -0.399 e. The maximum Gasteiger partial charge on any atom is 0.240 e. The Bertz CT molecular complexity index is 689. The molecule has 21 heavy (non-hydrogen) atoms. The molecule has 0 aliphatic carbocycles. The third kappa shape index (κ3) is 2.56. The van der Waals surface area contributed by atoms with Crippen molar-refractivity contribution in [2.24, 2.45) is 5.14 Å². The van der Waals surface area contributed by atoms with E-state index in [0.29, 0.717) is 37.4 Å². The maximum absolute atomic E-state index is 11.8. The molecule has 1 amide bonds. The molecule has 3 rings (SSSR count). The summed E-state index contributed by atoms with van der Waals surface area (Å²) < 4.78 is 23.5. The number of nitrogens with zero attached hydrogens (tertiary/aromatic N) is 2. The smallest absolute Gasteiger partial charge is 0.240 e. The number of carbonyl (C=O) groups excluding carboxylic acids is 1. The van der Waals surface area contributed by atoms with Crippen LogP contribution in [0.1, 0.15) is 12.8 Å². The fourth-order valence-electron chi connectivity index (χ4n) is 3.10. The number of benzene rings is 1. The molecule has 0 saturated carbocycles. The van der Waals surface area contributed by atoms with E-state index in [1.807, 2.05) is 9.80 Å². The van der Waals surface area contributed by atoms with Crippen LogP contribution in [0, 0.1) is 0 Å². The highest BCUT2D eigenvalue weighted by molar-refractivity contribution is 7.89. The number of piperazine rings is 1. The molecule has 1 atom stereocenters. The van der Waals surface area contributed by atoms with Crippen molar-refractivity contribution in [2.45, 2.75) is 23.8 Å². The van der Waals surface area contributed by atoms with Crippen LogP contribution < -0.4 is 15.8 Å². The average Bonchev–Trinajstić information content (AvgIpc) is 2.79. The van der Waals surface area contributed by atoms with E-state index in [1.165, 1.54) is 6.07 Å². The van der Waals surface area contributed by atoms with Gasteiger partial charge in [-0.25, -0.2) is 13.6 Å². The van der Waals surface area contributed by atoms with Crippen LogP contribution >= 0.6 is 0 Å². The number of carbonyl (C=O) groups is 1. The van der Waals surface area contributed by atoms with Gasteiger partial charge in [0.1, 0.15) is 4.90 Å². The summed E-state index contributed by atoms with van der Waals surface area (Å²) in [4.78, 5) is 15.6. The quantitative estimate of drug-likeness (QED) is 0.731. The van der Waals surface area contributed by atoms with Crippen molar-refractivity contribution < 1.29 is 13.2 Å². The van der Waals surface area contributed by atoms with Crippen molar-refractivity contribution >= 4 is 27.3 Å². The summed E-state index contributed by atoms with van der Waals surface area (Å²) in [7, 11) is -3.84. The van der Waals surface area contributed by atoms with Crippen LogP contribution in [0.15, 0.2) is 23.1 Å². The van der Waals surface area contributed by atoms with Gasteiger partial charge in [0.2, 0.25) is 15.9 Å². The van der Waals surface area contributed by atoms with Gasteiger partial charge in [-0.1, -0.05) is 0 Å². The topological polar surface area (TPSA) is 110 Å². The Morgan fingerprint density at radius 3 is 2.71 bits per heavy atom. The van der Waals surface area contributed by atoms with Gasteiger partial charge in [-0.3, -0.25) is 4.79 Å². The Kier molecular flexibility index (Phi) is 3.29. The van der Waals surface area contributed by atoms with Gasteiger partial charge in [0.15, 0.2) is 0 Å². The Morgan fingerprint density at radius 1 is 1.24 bits per heavy atom. The summed E-state index contributed by atoms with van der Waals surface area (Å²) >= 11 is 0. The third-order valence-electron chi connectivity index (χ3n) is 4.13. The highest BCUT2D eigenvalue weighted by atomic mass is 32.2. The first-order valence-corrected chi connectivity index (χ1v) is 8.37. The third-order valence-corrected chi connectivity index (χ3v) is 5.07. The molecule has 2 aliphatic heterocycles. The standard InChI is InChI=1S/C13H18N4O3S/c14-9-1-3-11(12(7-9)21(15,19)20)16-5-6-17-10(8-16)2-4-13(17)18/h1,3,7,10H,2,4-6,8,14H2,(H2,15,19,20). The number of nitrogens with two attached hydrogens (primary N) is 2. The number of anilines is 2. The van der Waals surface area contributed by atoms with E-state index in [-0.39, 0.29) is 16.8 Å². The summed E-state index contributed by atoms with van der Waals surface area (Å²) in [6.07, 6.45) is 1.39. The van der Waals surface area contributed by atoms with Crippen molar-refractivity contribution in [3.63, 3.8) is 0 Å². The summed E-state index contributed by atoms with van der Waals surface area (Å²) in [5.74, 6) is 0.184. The van der Waals surface area contributed by atoms with Crippen molar-refractivity contribution in [3.8, 4) is 0 Å². The zero-order valence-electron chi connectivity index (χ0n) is 11.5. The molecular weight excluding hydrogens is 292 g/mol. The molecular formula is C13H18N4O3S. The van der Waals surface area contributed by atoms with E-state index < -0.39 is 10.0 Å². The van der Waals surface area contributed by atoms with Crippen molar-refractivity contribution in [2.75, 3.05) is 30.3 Å². The largest absolute Gasteiger partial charge is 0.399 e. The van der Waals surface area contributed by atoms with Crippen LogP contribution in [-0.4, -0.2) is 44.9 Å². The van der Waals surface area contributed by atoms with Crippen molar-refractivity contribution in [3.05, 3.63) is 18.2 Å². The molecule has 0 spiro atoms. The zero-order chi connectivity index (χ0) is 15.2. The van der Waals surface area contributed by atoms with Gasteiger partial charge in [-0.05, 0) is 24.6 Å². The fraction of sp³-hybridized carbons (Fsp3) is 0.462. The molecule has 0 bridgehead atoms. The highest BCUT2D eigenvalue weighted by Gasteiger charge is 2.36. The molecule has 1 aromatic carbocycles. The number of hydrogen-bond acceptors (Lipinski definition) is 5. The van der Waals surface area contributed by atoms with Crippen molar-refractivity contribution in [1.29, 1.82) is 0 Å². The van der Waals surface area contributed by atoms with E-state index >= 15 is 0 Å². The summed E-state index contributed by atoms with van der Waals surface area (Å²) in [5, 5.41) is 5.29. The van der Waals surface area contributed by atoms with E-state index in [0.717, 1.165) is 6.42 Å². The predicted molar refractivity (Wildman–Crippen MR) is 79.2 cm³/mol. The number of fused-ring (bicyclic) bond motifs is 1. The molecule has 0 radical (unpaired) electrons. The first-order chi connectivity index (χ1) is 9.86. The lowest BCUT2D eigenvalue weighted by Crippen LogP contribution is -2.51. The van der Waals surface area contributed by atoms with E-state index in [2.05, 4.69) is 0 Å². The molecule has 7 nitrogen and oxygen atoms in total. The van der Waals surface area contributed by atoms with E-state index in [1.54, 1.807) is 12.1 Å². The molecule has 4 N–H and O–H groups in total. The van der Waals surface area contributed by atoms with Crippen LogP contribution in [0.25, 0.3) is 0 Å². The minimum atomic E-state index is -3.84. The van der Waals surface area contributed by atoms with Crippen LogP contribution in [0.4, 0.5) is 11.4 Å². The molecule has 1 aromatic rings. The molecule has 2 heterocycles. The maximum atomic E-state index is 11.8. The molecule has 1 unspecified atom stereocenters. The Balaban J connectivity index is 1.93. The molecule has 114 valence electrons.